The summed E-state index contributed by atoms with van der Waals surface area (Å²) in [6, 6.07) is 6.91. The number of rotatable bonds is 10. The van der Waals surface area contributed by atoms with Gasteiger partial charge in [-0.3, -0.25) is 19.1 Å². The maximum absolute atomic E-state index is 13.8. The summed E-state index contributed by atoms with van der Waals surface area (Å²) in [5.74, 6) is -0.237. The van der Waals surface area contributed by atoms with Crippen LogP contribution in [-0.2, 0) is 6.54 Å². The topological polar surface area (TPSA) is 115 Å². The van der Waals surface area contributed by atoms with Gasteiger partial charge in [-0.15, -0.1) is 0 Å². The Morgan fingerprint density at radius 2 is 1.82 bits per heavy atom. The van der Waals surface area contributed by atoms with Crippen molar-refractivity contribution in [3.8, 4) is 11.4 Å². The third-order valence-corrected chi connectivity index (χ3v) is 5.88. The van der Waals surface area contributed by atoms with E-state index < -0.39 is 17.2 Å². The van der Waals surface area contributed by atoms with Crippen LogP contribution < -0.4 is 26.6 Å². The van der Waals surface area contributed by atoms with Gasteiger partial charge in [-0.1, -0.05) is 38.3 Å². The molecular formula is C24H30ClN5O4. The molecule has 0 aliphatic carbocycles. The van der Waals surface area contributed by atoms with Crippen LogP contribution in [0.1, 0.15) is 49.9 Å². The predicted octanol–water partition coefficient (Wildman–Crippen LogP) is 3.82. The number of hydrogen-bond acceptors (Lipinski definition) is 5. The number of nitrogens with zero attached hydrogens (tertiary/aromatic N) is 3. The van der Waals surface area contributed by atoms with E-state index in [1.807, 2.05) is 38.4 Å². The number of nitrogen functional groups attached to an aromatic ring is 1. The van der Waals surface area contributed by atoms with Crippen LogP contribution in [0.3, 0.4) is 0 Å². The van der Waals surface area contributed by atoms with E-state index in [-0.39, 0.29) is 23.6 Å². The molecule has 0 atom stereocenters. The minimum absolute atomic E-state index is 0.0410. The molecule has 0 radical (unpaired) electrons. The van der Waals surface area contributed by atoms with E-state index in [0.29, 0.717) is 35.8 Å². The quantitative estimate of drug-likeness (QED) is 0.451. The number of aromatic nitrogens is 3. The second kappa shape index (κ2) is 11.1. The third kappa shape index (κ3) is 5.04. The summed E-state index contributed by atoms with van der Waals surface area (Å²) in [4.78, 5) is 42.6. The summed E-state index contributed by atoms with van der Waals surface area (Å²) < 4.78 is 8.62. The number of nitrogens with one attached hydrogen (secondary N) is 1. The van der Waals surface area contributed by atoms with Gasteiger partial charge in [0.15, 0.2) is 5.69 Å². The van der Waals surface area contributed by atoms with Gasteiger partial charge in [0, 0.05) is 31.5 Å². The highest BCUT2D eigenvalue weighted by Gasteiger charge is 2.28. The van der Waals surface area contributed by atoms with Crippen molar-refractivity contribution in [2.75, 3.05) is 24.3 Å². The molecule has 3 aromatic rings. The maximum Gasteiger partial charge on any atom is 0.330 e. The van der Waals surface area contributed by atoms with Crippen LogP contribution in [0.2, 0.25) is 5.02 Å². The van der Waals surface area contributed by atoms with Gasteiger partial charge >= 0.3 is 5.69 Å². The number of carbonyl (C=O) groups excluding carboxylic acids is 1. The maximum atomic E-state index is 13.8. The molecule has 0 unspecified atom stereocenters. The summed E-state index contributed by atoms with van der Waals surface area (Å²) in [5.41, 5.74) is 5.75. The van der Waals surface area contributed by atoms with E-state index >= 15 is 0 Å². The normalized spacial score (nSPS) is 10.9. The van der Waals surface area contributed by atoms with Crippen molar-refractivity contribution in [2.24, 2.45) is 0 Å². The van der Waals surface area contributed by atoms with E-state index in [0.717, 1.165) is 12.8 Å². The Labute approximate surface area is 202 Å². The first-order valence-electron chi connectivity index (χ1n) is 11.3. The fraction of sp³-hybridized carbons (Fsp3) is 0.375. The molecule has 34 heavy (non-hydrogen) atoms. The van der Waals surface area contributed by atoms with E-state index in [1.165, 1.54) is 22.6 Å². The van der Waals surface area contributed by atoms with Gasteiger partial charge in [-0.2, -0.15) is 0 Å². The molecule has 0 bridgehead atoms. The van der Waals surface area contributed by atoms with Crippen molar-refractivity contribution in [1.29, 1.82) is 0 Å². The number of halogens is 1. The molecule has 3 N–H and O–H groups in total. The standard InChI is InChI=1S/C24H30ClN5O4/c1-4-6-12-29(20-21(26)30(13-7-5-2)24(33)27-22(20)31)23(32)16-14-17(25)18(15-19(16)34-3)28-10-8-9-11-28/h8-11,14-15H,4-7,12-13,26H2,1-3H3,(H,27,31,33). The first-order chi connectivity index (χ1) is 16.3. The van der Waals surface area contributed by atoms with Gasteiger partial charge in [0.2, 0.25) is 0 Å². The minimum atomic E-state index is -0.714. The van der Waals surface area contributed by atoms with E-state index in [9.17, 15) is 14.4 Å². The van der Waals surface area contributed by atoms with Gasteiger partial charge in [0.1, 0.15) is 11.6 Å². The van der Waals surface area contributed by atoms with Gasteiger partial charge in [0.05, 0.1) is 23.4 Å². The number of methoxy groups -OCH3 is 1. The lowest BCUT2D eigenvalue weighted by atomic mass is 10.1. The minimum Gasteiger partial charge on any atom is -0.496 e. The van der Waals surface area contributed by atoms with Crippen LogP contribution in [0.5, 0.6) is 5.75 Å². The van der Waals surface area contributed by atoms with Crippen LogP contribution in [0.25, 0.3) is 5.69 Å². The average molecular weight is 488 g/mol. The second-order valence-electron chi connectivity index (χ2n) is 7.90. The number of nitrogens with two attached hydrogens (primary N) is 1. The number of H-pyrrole nitrogens is 1. The van der Waals surface area contributed by atoms with Crippen molar-refractivity contribution >= 4 is 29.0 Å². The first-order valence-corrected chi connectivity index (χ1v) is 11.7. The van der Waals surface area contributed by atoms with Crippen molar-refractivity contribution in [1.82, 2.24) is 14.1 Å². The molecule has 1 amide bonds. The zero-order valence-corrected chi connectivity index (χ0v) is 20.4. The van der Waals surface area contributed by atoms with Crippen LogP contribution in [0.15, 0.2) is 46.2 Å². The predicted molar refractivity (Wildman–Crippen MR) is 135 cm³/mol. The molecule has 0 aliphatic rings. The molecule has 0 spiro atoms. The van der Waals surface area contributed by atoms with Crippen LogP contribution in [-0.4, -0.2) is 33.7 Å². The zero-order valence-electron chi connectivity index (χ0n) is 19.6. The molecule has 0 aliphatic heterocycles. The first kappa shape index (κ1) is 25.2. The van der Waals surface area contributed by atoms with Gasteiger partial charge in [-0.25, -0.2) is 4.79 Å². The zero-order chi connectivity index (χ0) is 24.8. The average Bonchev–Trinajstić information content (AvgIpc) is 3.35. The molecule has 2 heterocycles. The molecule has 10 heteroatoms. The Kier molecular flexibility index (Phi) is 8.22. The lowest BCUT2D eigenvalue weighted by molar-refractivity contribution is 0.0983. The second-order valence-corrected chi connectivity index (χ2v) is 8.31. The number of carbonyl (C=O) groups is 1. The highest BCUT2D eigenvalue weighted by molar-refractivity contribution is 6.33. The fourth-order valence-electron chi connectivity index (χ4n) is 3.72. The number of hydrogen-bond donors (Lipinski definition) is 2. The van der Waals surface area contributed by atoms with Crippen LogP contribution in [0.4, 0.5) is 11.5 Å². The molecule has 182 valence electrons. The summed E-state index contributed by atoms with van der Waals surface area (Å²) in [6.07, 6.45) is 6.59. The lowest BCUT2D eigenvalue weighted by Gasteiger charge is -2.25. The molecule has 0 saturated carbocycles. The van der Waals surface area contributed by atoms with E-state index in [4.69, 9.17) is 22.1 Å². The summed E-state index contributed by atoms with van der Waals surface area (Å²) in [6.45, 7) is 4.52. The van der Waals surface area contributed by atoms with Gasteiger partial charge < -0.3 is 19.9 Å². The SMILES string of the molecule is CCCCN(C(=O)c1cc(Cl)c(-n2cccc2)cc1OC)c1c(N)n(CCCC)c(=O)[nH]c1=O. The number of aromatic amines is 1. The van der Waals surface area contributed by atoms with Gasteiger partial charge in [-0.05, 0) is 31.0 Å². The number of amides is 1. The highest BCUT2D eigenvalue weighted by Crippen LogP contribution is 2.32. The van der Waals surface area contributed by atoms with Crippen molar-refractivity contribution < 1.29 is 9.53 Å². The summed E-state index contributed by atoms with van der Waals surface area (Å²) >= 11 is 6.53. The Bertz CT molecular complexity index is 1260. The number of unbranched alkanes of at least 4 members (excludes halogenated alkanes) is 2. The Balaban J connectivity index is 2.15. The van der Waals surface area contributed by atoms with Gasteiger partial charge in [0.25, 0.3) is 11.5 Å². The molecule has 2 aromatic heterocycles. The molecule has 9 nitrogen and oxygen atoms in total. The third-order valence-electron chi connectivity index (χ3n) is 5.58. The van der Waals surface area contributed by atoms with Crippen LogP contribution in [0, 0.1) is 0 Å². The Morgan fingerprint density at radius 1 is 1.15 bits per heavy atom. The fourth-order valence-corrected chi connectivity index (χ4v) is 3.99. The molecule has 0 saturated heterocycles. The molecule has 1 aromatic carbocycles. The monoisotopic (exact) mass is 487 g/mol. The lowest BCUT2D eigenvalue weighted by Crippen LogP contribution is -2.41. The van der Waals surface area contributed by atoms with Crippen LogP contribution >= 0.6 is 11.6 Å². The molecular weight excluding hydrogens is 458 g/mol. The van der Waals surface area contributed by atoms with E-state index in [2.05, 4.69) is 4.98 Å². The van der Waals surface area contributed by atoms with Crippen molar-refractivity contribution in [3.05, 3.63) is 68.1 Å². The van der Waals surface area contributed by atoms with E-state index in [1.54, 1.807) is 10.6 Å². The highest BCUT2D eigenvalue weighted by atomic mass is 35.5. The van der Waals surface area contributed by atoms with Crippen molar-refractivity contribution in [2.45, 2.75) is 46.1 Å². The largest absolute Gasteiger partial charge is 0.496 e. The van der Waals surface area contributed by atoms with Crippen molar-refractivity contribution in [3.63, 3.8) is 0 Å². The molecule has 3 rings (SSSR count). The number of ether oxygens (including phenoxy) is 1. The summed E-state index contributed by atoms with van der Waals surface area (Å²) in [7, 11) is 1.46. The smallest absolute Gasteiger partial charge is 0.330 e. The summed E-state index contributed by atoms with van der Waals surface area (Å²) in [5, 5.41) is 0.339. The Morgan fingerprint density at radius 3 is 2.44 bits per heavy atom. The Hall–Kier alpha value is -3.46. The number of benzene rings is 1. The molecule has 0 fully saturated rings. The number of anilines is 2.